The molecular weight excluding hydrogens is 290 g/mol. The second-order valence-electron chi connectivity index (χ2n) is 4.75. The van der Waals surface area contributed by atoms with Crippen LogP contribution in [0.1, 0.15) is 6.42 Å². The Kier molecular flexibility index (Phi) is 8.76. The van der Waals surface area contributed by atoms with Crippen LogP contribution in [0.2, 0.25) is 0 Å². The number of carbonyl (C=O) groups excluding carboxylic acids is 1. The Balaban J connectivity index is 2.58. The average Bonchev–Trinajstić information content (AvgIpc) is 2.89. The second kappa shape index (κ2) is 10.3. The number of hydrogen-bond donors (Lipinski definition) is 0. The maximum Gasteiger partial charge on any atom is 0.410 e. The summed E-state index contributed by atoms with van der Waals surface area (Å²) in [7, 11) is 3.09. The number of rotatable bonds is 12. The Morgan fingerprint density at radius 1 is 1.27 bits per heavy atom. The maximum absolute atomic E-state index is 11.9. The molecule has 3 atom stereocenters. The van der Waals surface area contributed by atoms with Crippen molar-refractivity contribution in [3.63, 3.8) is 0 Å². The molecule has 7 nitrogen and oxygen atoms in total. The van der Waals surface area contributed by atoms with Crippen molar-refractivity contribution in [1.82, 2.24) is 4.90 Å². The molecule has 1 heterocycles. The van der Waals surface area contributed by atoms with Crippen molar-refractivity contribution in [2.24, 2.45) is 0 Å². The summed E-state index contributed by atoms with van der Waals surface area (Å²) in [4.78, 5) is 13.5. The molecule has 0 aromatic carbocycles. The summed E-state index contributed by atoms with van der Waals surface area (Å²) in [6, 6.07) is -0.229. The van der Waals surface area contributed by atoms with Crippen LogP contribution in [0.25, 0.3) is 0 Å². The van der Waals surface area contributed by atoms with Gasteiger partial charge < -0.3 is 23.7 Å². The monoisotopic (exact) mass is 315 g/mol. The third-order valence-electron chi connectivity index (χ3n) is 3.32. The standard InChI is InChI=1S/C15H25NO6/c1-5-12(21-10-18-3)7-8-16-13(9-20-15(16)17)14(6-2)22-11-19-4/h5-6,12-14H,1-2,7-11H2,3-4H3/t12-,13-,14+/m1/s1. The van der Waals surface area contributed by atoms with Gasteiger partial charge in [0.2, 0.25) is 0 Å². The van der Waals surface area contributed by atoms with Crippen LogP contribution in [0.5, 0.6) is 0 Å². The van der Waals surface area contributed by atoms with Gasteiger partial charge in [-0.2, -0.15) is 0 Å². The van der Waals surface area contributed by atoms with E-state index in [0.29, 0.717) is 13.0 Å². The molecular formula is C15H25NO6. The molecule has 1 amide bonds. The van der Waals surface area contributed by atoms with Crippen LogP contribution in [-0.2, 0) is 23.7 Å². The first kappa shape index (κ1) is 18.6. The van der Waals surface area contributed by atoms with Crippen LogP contribution in [-0.4, -0.2) is 70.2 Å². The van der Waals surface area contributed by atoms with E-state index >= 15 is 0 Å². The molecule has 126 valence electrons. The van der Waals surface area contributed by atoms with Crippen LogP contribution >= 0.6 is 0 Å². The van der Waals surface area contributed by atoms with Crippen molar-refractivity contribution in [3.05, 3.63) is 25.3 Å². The quantitative estimate of drug-likeness (QED) is 0.402. The fourth-order valence-electron chi connectivity index (χ4n) is 2.17. The van der Waals surface area contributed by atoms with Gasteiger partial charge in [-0.3, -0.25) is 4.90 Å². The van der Waals surface area contributed by atoms with Gasteiger partial charge in [-0.25, -0.2) is 4.79 Å². The topological polar surface area (TPSA) is 66.5 Å². The van der Waals surface area contributed by atoms with E-state index in [4.69, 9.17) is 23.7 Å². The van der Waals surface area contributed by atoms with Crippen LogP contribution in [0.4, 0.5) is 4.79 Å². The number of ether oxygens (including phenoxy) is 5. The summed E-state index contributed by atoms with van der Waals surface area (Å²) < 4.78 is 25.8. The molecule has 0 saturated carbocycles. The van der Waals surface area contributed by atoms with Crippen molar-refractivity contribution < 1.29 is 28.5 Å². The Hall–Kier alpha value is -1.41. The summed E-state index contributed by atoms with van der Waals surface area (Å²) in [6.45, 7) is 8.48. The number of nitrogens with zero attached hydrogens (tertiary/aromatic N) is 1. The fourth-order valence-corrected chi connectivity index (χ4v) is 2.17. The lowest BCUT2D eigenvalue weighted by molar-refractivity contribution is -0.0766. The zero-order chi connectivity index (χ0) is 16.4. The highest BCUT2D eigenvalue weighted by atomic mass is 16.7. The smallest absolute Gasteiger partial charge is 0.410 e. The summed E-state index contributed by atoms with van der Waals surface area (Å²) in [5.74, 6) is 0. The number of cyclic esters (lactones) is 1. The van der Waals surface area contributed by atoms with E-state index in [1.165, 1.54) is 7.11 Å². The van der Waals surface area contributed by atoms with E-state index in [2.05, 4.69) is 13.2 Å². The van der Waals surface area contributed by atoms with Gasteiger partial charge in [0.15, 0.2) is 0 Å². The largest absolute Gasteiger partial charge is 0.447 e. The highest BCUT2D eigenvalue weighted by Gasteiger charge is 2.37. The predicted octanol–water partition coefficient (Wildman–Crippen LogP) is 1.55. The Morgan fingerprint density at radius 2 is 1.95 bits per heavy atom. The summed E-state index contributed by atoms with van der Waals surface area (Å²) >= 11 is 0. The zero-order valence-electron chi connectivity index (χ0n) is 13.2. The number of carbonyl (C=O) groups is 1. The number of methoxy groups -OCH3 is 2. The van der Waals surface area contributed by atoms with E-state index in [0.717, 1.165) is 0 Å². The Morgan fingerprint density at radius 3 is 2.55 bits per heavy atom. The molecule has 1 rings (SSSR count). The van der Waals surface area contributed by atoms with Gasteiger partial charge in [0, 0.05) is 20.8 Å². The molecule has 0 spiro atoms. The number of amides is 1. The van der Waals surface area contributed by atoms with E-state index in [9.17, 15) is 4.79 Å². The molecule has 7 heteroatoms. The molecule has 1 aliphatic heterocycles. The summed E-state index contributed by atoms with van der Waals surface area (Å²) in [6.07, 6.45) is 3.00. The lowest BCUT2D eigenvalue weighted by Gasteiger charge is -2.27. The van der Waals surface area contributed by atoms with Crippen molar-refractivity contribution in [2.45, 2.75) is 24.7 Å². The van der Waals surface area contributed by atoms with Gasteiger partial charge in [0.25, 0.3) is 0 Å². The number of hydrogen-bond acceptors (Lipinski definition) is 6. The third kappa shape index (κ3) is 5.42. The minimum absolute atomic E-state index is 0.126. The zero-order valence-corrected chi connectivity index (χ0v) is 13.2. The van der Waals surface area contributed by atoms with Crippen molar-refractivity contribution >= 4 is 6.09 Å². The second-order valence-corrected chi connectivity index (χ2v) is 4.75. The highest BCUT2D eigenvalue weighted by molar-refractivity contribution is 5.70. The first-order valence-corrected chi connectivity index (χ1v) is 7.07. The molecule has 0 aliphatic carbocycles. The molecule has 1 saturated heterocycles. The Bertz CT molecular complexity index is 362. The first-order chi connectivity index (χ1) is 10.7. The van der Waals surface area contributed by atoms with E-state index in [-0.39, 0.29) is 44.5 Å². The first-order valence-electron chi connectivity index (χ1n) is 7.07. The summed E-state index contributed by atoms with van der Waals surface area (Å²) in [5.41, 5.74) is 0. The van der Waals surface area contributed by atoms with Crippen molar-refractivity contribution in [1.29, 1.82) is 0 Å². The van der Waals surface area contributed by atoms with Gasteiger partial charge in [-0.1, -0.05) is 12.2 Å². The fraction of sp³-hybridized carbons (Fsp3) is 0.667. The van der Waals surface area contributed by atoms with Crippen LogP contribution < -0.4 is 0 Å². The predicted molar refractivity (Wildman–Crippen MR) is 80.4 cm³/mol. The van der Waals surface area contributed by atoms with Crippen LogP contribution in [0.15, 0.2) is 25.3 Å². The van der Waals surface area contributed by atoms with Crippen molar-refractivity contribution in [2.75, 3.05) is 41.0 Å². The van der Waals surface area contributed by atoms with E-state index in [1.807, 2.05) is 0 Å². The molecule has 22 heavy (non-hydrogen) atoms. The van der Waals surface area contributed by atoms with E-state index in [1.54, 1.807) is 24.2 Å². The molecule has 0 N–H and O–H groups in total. The molecule has 1 aliphatic rings. The van der Waals surface area contributed by atoms with Gasteiger partial charge in [-0.05, 0) is 6.42 Å². The molecule has 1 fully saturated rings. The van der Waals surface area contributed by atoms with Gasteiger partial charge in [-0.15, -0.1) is 13.2 Å². The average molecular weight is 315 g/mol. The summed E-state index contributed by atoms with van der Waals surface area (Å²) in [5, 5.41) is 0. The Labute approximate surface area is 131 Å². The minimum Gasteiger partial charge on any atom is -0.447 e. The molecule has 0 unspecified atom stereocenters. The normalized spacial score (nSPS) is 20.5. The molecule has 0 aromatic heterocycles. The van der Waals surface area contributed by atoms with Gasteiger partial charge >= 0.3 is 6.09 Å². The maximum atomic E-state index is 11.9. The van der Waals surface area contributed by atoms with Gasteiger partial charge in [0.05, 0.1) is 12.1 Å². The van der Waals surface area contributed by atoms with E-state index < -0.39 is 0 Å². The van der Waals surface area contributed by atoms with Gasteiger partial charge in [0.1, 0.15) is 26.3 Å². The SMILES string of the molecule is C=C[C@H](CCN1C(=O)OC[C@@H]1[C@H](C=C)OCOC)OCOC. The minimum atomic E-state index is -0.368. The molecule has 0 aromatic rings. The van der Waals surface area contributed by atoms with Crippen LogP contribution in [0, 0.1) is 0 Å². The van der Waals surface area contributed by atoms with Crippen LogP contribution in [0.3, 0.4) is 0 Å². The molecule has 0 bridgehead atoms. The van der Waals surface area contributed by atoms with Crippen molar-refractivity contribution in [3.8, 4) is 0 Å². The lowest BCUT2D eigenvalue weighted by atomic mass is 10.1. The lowest BCUT2D eigenvalue weighted by Crippen LogP contribution is -2.44. The third-order valence-corrected chi connectivity index (χ3v) is 3.32. The highest BCUT2D eigenvalue weighted by Crippen LogP contribution is 2.20. The molecule has 0 radical (unpaired) electrons.